The Morgan fingerprint density at radius 1 is 1.31 bits per heavy atom. The fraction of sp³-hybridized carbons (Fsp3) is 0.176. The summed E-state index contributed by atoms with van der Waals surface area (Å²) < 4.78 is 29.1. The first-order chi connectivity index (χ1) is 12.3. The average Bonchev–Trinajstić information content (AvgIpc) is 2.89. The molecular weight excluding hydrogens is 422 g/mol. The van der Waals surface area contributed by atoms with Crippen molar-refractivity contribution >= 4 is 38.0 Å². The van der Waals surface area contributed by atoms with Gasteiger partial charge in [-0.3, -0.25) is 0 Å². The Labute approximate surface area is 159 Å². The average molecular weight is 438 g/mol. The van der Waals surface area contributed by atoms with Gasteiger partial charge in [-0.15, -0.1) is 4.40 Å². The van der Waals surface area contributed by atoms with Crippen LogP contribution >= 0.6 is 15.9 Å². The van der Waals surface area contributed by atoms with E-state index >= 15 is 0 Å². The van der Waals surface area contributed by atoms with Crippen molar-refractivity contribution in [3.63, 3.8) is 0 Å². The van der Waals surface area contributed by atoms with E-state index in [0.29, 0.717) is 11.1 Å². The Morgan fingerprint density at radius 3 is 2.77 bits per heavy atom. The summed E-state index contributed by atoms with van der Waals surface area (Å²) in [6, 6.07) is 10.8. The van der Waals surface area contributed by atoms with E-state index in [0.717, 1.165) is 4.47 Å². The molecule has 9 heteroatoms. The quantitative estimate of drug-likeness (QED) is 0.564. The van der Waals surface area contributed by atoms with Gasteiger partial charge in [0.25, 0.3) is 10.0 Å². The van der Waals surface area contributed by atoms with Crippen molar-refractivity contribution in [2.45, 2.75) is 17.9 Å². The highest BCUT2D eigenvalue weighted by Gasteiger charge is 2.33. The van der Waals surface area contributed by atoms with Crippen molar-refractivity contribution in [3.8, 4) is 5.75 Å². The molecule has 3 rings (SSSR count). The monoisotopic (exact) mass is 437 g/mol. The maximum Gasteiger partial charge on any atom is 0.285 e. The molecule has 0 bridgehead atoms. The first kappa shape index (κ1) is 18.6. The first-order valence-electron chi connectivity index (χ1n) is 7.70. The minimum atomic E-state index is -3.81. The largest absolute Gasteiger partial charge is 0.507 e. The summed E-state index contributed by atoms with van der Waals surface area (Å²) in [6.07, 6.45) is 1.39. The third kappa shape index (κ3) is 3.50. The van der Waals surface area contributed by atoms with E-state index in [4.69, 9.17) is 0 Å². The molecule has 2 aromatic rings. The van der Waals surface area contributed by atoms with Gasteiger partial charge in [0.15, 0.2) is 5.84 Å². The van der Waals surface area contributed by atoms with Crippen molar-refractivity contribution < 1.29 is 18.6 Å². The normalized spacial score (nSPS) is 16.3. The number of benzene rings is 2. The number of hydrogen-bond donors (Lipinski definition) is 2. The third-order valence-electron chi connectivity index (χ3n) is 3.82. The second kappa shape index (κ2) is 7.18. The summed E-state index contributed by atoms with van der Waals surface area (Å²) in [6.45, 7) is 1.43. The number of aliphatic hydroxyl groups excluding tert-OH is 1. The highest BCUT2D eigenvalue weighted by Crippen LogP contribution is 2.28. The lowest BCUT2D eigenvalue weighted by Gasteiger charge is -2.24. The molecule has 0 amide bonds. The smallest absolute Gasteiger partial charge is 0.285 e. The van der Waals surface area contributed by atoms with E-state index in [-0.39, 0.29) is 23.1 Å². The van der Waals surface area contributed by atoms with Crippen molar-refractivity contribution in [2.24, 2.45) is 9.50 Å². The highest BCUT2D eigenvalue weighted by atomic mass is 79.9. The van der Waals surface area contributed by atoms with Crippen LogP contribution in [0, 0.1) is 0 Å². The second-order valence-corrected chi connectivity index (χ2v) is 8.20. The van der Waals surface area contributed by atoms with Crippen LogP contribution in [0.15, 0.2) is 61.3 Å². The molecule has 7 nitrogen and oxygen atoms in total. The Hall–Kier alpha value is -2.23. The molecule has 0 fully saturated rings. The number of phenols is 1. The molecule has 0 aliphatic carbocycles. The topological polar surface area (TPSA) is 103 Å². The minimum absolute atomic E-state index is 0.0231. The maximum absolute atomic E-state index is 12.3. The van der Waals surface area contributed by atoms with Crippen molar-refractivity contribution in [3.05, 3.63) is 58.1 Å². The van der Waals surface area contributed by atoms with Crippen LogP contribution in [0.4, 0.5) is 0 Å². The van der Waals surface area contributed by atoms with Crippen molar-refractivity contribution in [2.75, 3.05) is 6.61 Å². The van der Waals surface area contributed by atoms with Gasteiger partial charge < -0.3 is 10.2 Å². The van der Waals surface area contributed by atoms with Crippen LogP contribution < -0.4 is 0 Å². The van der Waals surface area contributed by atoms with Crippen LogP contribution in [0.2, 0.25) is 0 Å². The van der Waals surface area contributed by atoms with Crippen LogP contribution in [0.1, 0.15) is 18.1 Å². The Morgan fingerprint density at radius 2 is 2.04 bits per heavy atom. The number of halogens is 1. The van der Waals surface area contributed by atoms with Crippen LogP contribution in [0.5, 0.6) is 5.75 Å². The molecule has 0 spiro atoms. The summed E-state index contributed by atoms with van der Waals surface area (Å²) in [7, 11) is -3.81. The zero-order valence-corrected chi connectivity index (χ0v) is 16.1. The summed E-state index contributed by atoms with van der Waals surface area (Å²) in [5.74, 6) is 0.155. The number of aromatic hydroxyl groups is 1. The van der Waals surface area contributed by atoms with Crippen LogP contribution in [-0.4, -0.2) is 48.3 Å². The van der Waals surface area contributed by atoms with Gasteiger partial charge >= 0.3 is 0 Å². The van der Waals surface area contributed by atoms with Gasteiger partial charge in [0, 0.05) is 15.6 Å². The van der Waals surface area contributed by atoms with Gasteiger partial charge in [0.2, 0.25) is 0 Å². The predicted molar refractivity (Wildman–Crippen MR) is 102 cm³/mol. The van der Waals surface area contributed by atoms with E-state index in [1.807, 2.05) is 0 Å². The zero-order chi connectivity index (χ0) is 18.9. The Balaban J connectivity index is 2.06. The maximum atomic E-state index is 12.3. The van der Waals surface area contributed by atoms with Crippen molar-refractivity contribution in [1.82, 2.24) is 5.01 Å². The Bertz CT molecular complexity index is 1000. The molecule has 0 saturated carbocycles. The summed E-state index contributed by atoms with van der Waals surface area (Å²) in [5, 5.41) is 25.1. The molecule has 1 atom stereocenters. The second-order valence-electron chi connectivity index (χ2n) is 5.71. The number of fused-ring (bicyclic) bond motifs is 1. The molecule has 1 heterocycles. The number of hydrazone groups is 1. The number of phenolic OH excluding ortho intramolecular Hbond substituents is 1. The van der Waals surface area contributed by atoms with Gasteiger partial charge in [0.05, 0.1) is 18.9 Å². The third-order valence-corrected chi connectivity index (χ3v) is 5.64. The number of sulfonamides is 1. The van der Waals surface area contributed by atoms with E-state index in [2.05, 4.69) is 25.4 Å². The molecule has 2 aromatic carbocycles. The van der Waals surface area contributed by atoms with E-state index in [1.165, 1.54) is 23.4 Å². The van der Waals surface area contributed by atoms with E-state index in [9.17, 15) is 18.6 Å². The summed E-state index contributed by atoms with van der Waals surface area (Å²) >= 11 is 3.32. The van der Waals surface area contributed by atoms with Crippen molar-refractivity contribution in [1.29, 1.82) is 0 Å². The fourth-order valence-electron chi connectivity index (χ4n) is 2.46. The SMILES string of the molecule is C[C@H](CO)N(/N=C\c1cc(Br)ccc1O)C1=NS(=O)(=O)c2ccccc21. The molecule has 26 heavy (non-hydrogen) atoms. The van der Waals surface area contributed by atoms with E-state index in [1.54, 1.807) is 37.3 Å². The van der Waals surface area contributed by atoms with Gasteiger partial charge in [-0.05, 0) is 37.3 Å². The van der Waals surface area contributed by atoms with Gasteiger partial charge in [0.1, 0.15) is 10.6 Å². The number of hydrogen-bond acceptors (Lipinski definition) is 6. The number of aliphatic hydroxyl groups is 1. The lowest BCUT2D eigenvalue weighted by atomic mass is 10.2. The Kier molecular flexibility index (Phi) is 5.12. The number of amidine groups is 1. The summed E-state index contributed by atoms with van der Waals surface area (Å²) in [4.78, 5) is 0.102. The minimum Gasteiger partial charge on any atom is -0.507 e. The fourth-order valence-corrected chi connectivity index (χ4v) is 4.04. The predicted octanol–water partition coefficient (Wildman–Crippen LogP) is 2.32. The standard InChI is InChI=1S/C17H16BrN3O4S/c1-11(10-22)21(19-9-12-8-13(18)6-7-15(12)23)17-14-4-2-3-5-16(14)26(24,25)20-17/h2-9,11,22-23H,10H2,1H3/b19-9-/t11-/m1/s1. The zero-order valence-electron chi connectivity index (χ0n) is 13.7. The van der Waals surface area contributed by atoms with Crippen LogP contribution in [0.25, 0.3) is 0 Å². The number of nitrogens with zero attached hydrogens (tertiary/aromatic N) is 3. The molecule has 1 aliphatic rings. The van der Waals surface area contributed by atoms with E-state index < -0.39 is 16.1 Å². The molecule has 0 saturated heterocycles. The van der Waals surface area contributed by atoms with Crippen LogP contribution in [-0.2, 0) is 10.0 Å². The van der Waals surface area contributed by atoms with Gasteiger partial charge in [-0.2, -0.15) is 13.5 Å². The molecule has 0 aromatic heterocycles. The first-order valence-corrected chi connectivity index (χ1v) is 9.94. The highest BCUT2D eigenvalue weighted by molar-refractivity contribution is 9.10. The molecule has 1 aliphatic heterocycles. The molecule has 136 valence electrons. The van der Waals surface area contributed by atoms with Crippen LogP contribution in [0.3, 0.4) is 0 Å². The molecule has 0 unspecified atom stereocenters. The number of rotatable bonds is 4. The lowest BCUT2D eigenvalue weighted by Crippen LogP contribution is -2.36. The lowest BCUT2D eigenvalue weighted by molar-refractivity contribution is 0.196. The molecule has 0 radical (unpaired) electrons. The van der Waals surface area contributed by atoms with Gasteiger partial charge in [-0.1, -0.05) is 28.1 Å². The molecular formula is C17H16BrN3O4S. The summed E-state index contributed by atoms with van der Waals surface area (Å²) in [5.41, 5.74) is 0.854. The molecule has 2 N–H and O–H groups in total. The van der Waals surface area contributed by atoms with Gasteiger partial charge in [-0.25, -0.2) is 5.01 Å².